The molecule has 1 aliphatic heterocycles. The number of carbonyl (C=O) groups excluding carboxylic acids is 1. The van der Waals surface area contributed by atoms with Crippen LogP contribution in [0.5, 0.6) is 0 Å². The van der Waals surface area contributed by atoms with E-state index in [1.807, 2.05) is 0 Å². The van der Waals surface area contributed by atoms with Gasteiger partial charge in [-0.1, -0.05) is 6.92 Å². The van der Waals surface area contributed by atoms with Gasteiger partial charge in [0.15, 0.2) is 0 Å². The summed E-state index contributed by atoms with van der Waals surface area (Å²) in [4.78, 5) is 11.5. The van der Waals surface area contributed by atoms with Gasteiger partial charge in [-0.15, -0.1) is 0 Å². The van der Waals surface area contributed by atoms with E-state index in [-0.39, 0.29) is 19.0 Å². The van der Waals surface area contributed by atoms with Crippen LogP contribution in [0.3, 0.4) is 0 Å². The number of rotatable bonds is 6. The van der Waals surface area contributed by atoms with Crippen molar-refractivity contribution >= 4 is 16.1 Å². The Morgan fingerprint density at radius 1 is 1.33 bits per heavy atom. The second-order valence-electron chi connectivity index (χ2n) is 3.90. The third-order valence-corrected chi connectivity index (χ3v) is 4.73. The van der Waals surface area contributed by atoms with Gasteiger partial charge in [0.25, 0.3) is 10.2 Å². The Kier molecular flexibility index (Phi) is 6.00. The Balaban J connectivity index is 2.69. The Hall–Kier alpha value is -0.700. The fraction of sp³-hybridized carbons (Fsp3) is 0.900. The van der Waals surface area contributed by atoms with Crippen molar-refractivity contribution in [1.29, 1.82) is 0 Å². The van der Waals surface area contributed by atoms with Gasteiger partial charge >= 0.3 is 0 Å². The smallest absolute Gasteiger partial charge is 0.282 e. The van der Waals surface area contributed by atoms with Gasteiger partial charge in [0.2, 0.25) is 5.91 Å². The Bertz CT molecular complexity index is 365. The fourth-order valence-electron chi connectivity index (χ4n) is 1.71. The average Bonchev–Trinajstić information content (AvgIpc) is 2.37. The highest BCUT2D eigenvalue weighted by atomic mass is 32.2. The zero-order valence-electron chi connectivity index (χ0n) is 10.9. The largest absolute Gasteiger partial charge is 0.379 e. The maximum atomic E-state index is 12.3. The van der Waals surface area contributed by atoms with Crippen LogP contribution in [0.15, 0.2) is 0 Å². The Labute approximate surface area is 108 Å². The molecule has 0 unspecified atom stereocenters. The number of hydrogen-bond donors (Lipinski definition) is 1. The lowest BCUT2D eigenvalue weighted by atomic mass is 10.5. The van der Waals surface area contributed by atoms with Crippen molar-refractivity contribution in [3.63, 3.8) is 0 Å². The molecule has 0 aromatic heterocycles. The highest BCUT2D eigenvalue weighted by molar-refractivity contribution is 7.86. The van der Waals surface area contributed by atoms with Gasteiger partial charge < -0.3 is 10.1 Å². The first kappa shape index (κ1) is 15.4. The summed E-state index contributed by atoms with van der Waals surface area (Å²) in [5.74, 6) is -0.281. The number of likely N-dealkylation sites (N-methyl/N-ethyl adjacent to an activating group) is 2. The van der Waals surface area contributed by atoms with Gasteiger partial charge in [-0.25, -0.2) is 0 Å². The monoisotopic (exact) mass is 279 g/mol. The molecule has 0 atom stereocenters. The molecule has 7 nitrogen and oxygen atoms in total. The zero-order chi connectivity index (χ0) is 13.6. The zero-order valence-corrected chi connectivity index (χ0v) is 11.7. The molecule has 1 amide bonds. The predicted octanol–water partition coefficient (Wildman–Crippen LogP) is -0.979. The Morgan fingerprint density at radius 3 is 2.44 bits per heavy atom. The van der Waals surface area contributed by atoms with E-state index in [0.29, 0.717) is 32.8 Å². The number of nitrogens with one attached hydrogen (secondary N) is 1. The van der Waals surface area contributed by atoms with Crippen LogP contribution in [0.4, 0.5) is 0 Å². The quantitative estimate of drug-likeness (QED) is 0.678. The van der Waals surface area contributed by atoms with Crippen molar-refractivity contribution in [2.45, 2.75) is 13.8 Å². The second kappa shape index (κ2) is 7.03. The normalized spacial score (nSPS) is 17.9. The first-order valence-corrected chi connectivity index (χ1v) is 7.51. The second-order valence-corrected chi connectivity index (χ2v) is 5.83. The third-order valence-electron chi connectivity index (χ3n) is 2.67. The van der Waals surface area contributed by atoms with Crippen LogP contribution in [0.25, 0.3) is 0 Å². The Morgan fingerprint density at radius 2 is 1.94 bits per heavy atom. The minimum absolute atomic E-state index is 0.135. The maximum absolute atomic E-state index is 12.3. The van der Waals surface area contributed by atoms with E-state index in [1.165, 1.54) is 8.61 Å². The summed E-state index contributed by atoms with van der Waals surface area (Å²) in [6, 6.07) is 0. The van der Waals surface area contributed by atoms with E-state index in [0.717, 1.165) is 0 Å². The highest BCUT2D eigenvalue weighted by Gasteiger charge is 2.31. The summed E-state index contributed by atoms with van der Waals surface area (Å²) in [6.45, 7) is 5.63. The SMILES string of the molecule is CCNC(=O)CN(CC)S(=O)(=O)N1CCOCC1. The van der Waals surface area contributed by atoms with E-state index in [9.17, 15) is 13.2 Å². The number of nitrogens with zero attached hydrogens (tertiary/aromatic N) is 2. The van der Waals surface area contributed by atoms with Crippen LogP contribution in [-0.4, -0.2) is 68.9 Å². The summed E-state index contributed by atoms with van der Waals surface area (Å²) in [6.07, 6.45) is 0. The van der Waals surface area contributed by atoms with Crippen molar-refractivity contribution < 1.29 is 17.9 Å². The van der Waals surface area contributed by atoms with Crippen molar-refractivity contribution in [3.8, 4) is 0 Å². The molecule has 0 saturated carbocycles. The molecule has 0 radical (unpaired) electrons. The lowest BCUT2D eigenvalue weighted by Crippen LogP contribution is -2.51. The number of ether oxygens (including phenoxy) is 1. The first-order valence-electron chi connectivity index (χ1n) is 6.12. The number of hydrogen-bond acceptors (Lipinski definition) is 4. The standard InChI is InChI=1S/C10H21N3O4S/c1-3-11-10(14)9-12(4-2)18(15,16)13-5-7-17-8-6-13/h3-9H2,1-2H3,(H,11,14). The summed E-state index contributed by atoms with van der Waals surface area (Å²) < 4.78 is 32.2. The van der Waals surface area contributed by atoms with Crippen LogP contribution in [0.2, 0.25) is 0 Å². The van der Waals surface area contributed by atoms with Gasteiger partial charge in [-0.2, -0.15) is 17.0 Å². The maximum Gasteiger partial charge on any atom is 0.282 e. The molecule has 0 spiro atoms. The number of amides is 1. The molecule has 18 heavy (non-hydrogen) atoms. The molecule has 1 aliphatic rings. The summed E-state index contributed by atoms with van der Waals surface area (Å²) in [5.41, 5.74) is 0. The molecule has 1 rings (SSSR count). The number of morpholine rings is 1. The minimum Gasteiger partial charge on any atom is -0.379 e. The van der Waals surface area contributed by atoms with Gasteiger partial charge in [-0.3, -0.25) is 4.79 Å². The predicted molar refractivity (Wildman–Crippen MR) is 67.2 cm³/mol. The molecule has 0 aromatic carbocycles. The minimum atomic E-state index is -3.56. The molecule has 1 heterocycles. The van der Waals surface area contributed by atoms with Gasteiger partial charge in [0.05, 0.1) is 19.8 Å². The van der Waals surface area contributed by atoms with Crippen LogP contribution in [-0.2, 0) is 19.7 Å². The van der Waals surface area contributed by atoms with Crippen LogP contribution in [0.1, 0.15) is 13.8 Å². The molecular formula is C10H21N3O4S. The van der Waals surface area contributed by atoms with Crippen LogP contribution in [0, 0.1) is 0 Å². The summed E-state index contributed by atoms with van der Waals surface area (Å²) in [7, 11) is -3.56. The van der Waals surface area contributed by atoms with E-state index >= 15 is 0 Å². The molecule has 106 valence electrons. The van der Waals surface area contributed by atoms with Crippen LogP contribution >= 0.6 is 0 Å². The molecule has 8 heteroatoms. The van der Waals surface area contributed by atoms with Gasteiger partial charge in [0.1, 0.15) is 0 Å². The van der Waals surface area contributed by atoms with Gasteiger partial charge in [-0.05, 0) is 6.92 Å². The molecule has 1 fully saturated rings. The fourth-order valence-corrected chi connectivity index (χ4v) is 3.25. The van der Waals surface area contributed by atoms with E-state index < -0.39 is 10.2 Å². The van der Waals surface area contributed by atoms with Crippen molar-refractivity contribution in [1.82, 2.24) is 13.9 Å². The lowest BCUT2D eigenvalue weighted by Gasteiger charge is -2.31. The number of carbonyl (C=O) groups is 1. The molecular weight excluding hydrogens is 258 g/mol. The topological polar surface area (TPSA) is 79.0 Å². The third kappa shape index (κ3) is 3.91. The van der Waals surface area contributed by atoms with Crippen molar-refractivity contribution in [2.75, 3.05) is 45.9 Å². The molecule has 1 N–H and O–H groups in total. The lowest BCUT2D eigenvalue weighted by molar-refractivity contribution is -0.121. The molecule has 0 aliphatic carbocycles. The summed E-state index contributed by atoms with van der Waals surface area (Å²) in [5, 5.41) is 2.60. The van der Waals surface area contributed by atoms with E-state index in [1.54, 1.807) is 13.8 Å². The van der Waals surface area contributed by atoms with E-state index in [4.69, 9.17) is 4.74 Å². The van der Waals surface area contributed by atoms with Gasteiger partial charge in [0, 0.05) is 26.2 Å². The molecule has 0 bridgehead atoms. The highest BCUT2D eigenvalue weighted by Crippen LogP contribution is 2.10. The van der Waals surface area contributed by atoms with Crippen molar-refractivity contribution in [3.05, 3.63) is 0 Å². The average molecular weight is 279 g/mol. The van der Waals surface area contributed by atoms with Crippen LogP contribution < -0.4 is 5.32 Å². The van der Waals surface area contributed by atoms with E-state index in [2.05, 4.69) is 5.32 Å². The molecule has 0 aromatic rings. The summed E-state index contributed by atoms with van der Waals surface area (Å²) >= 11 is 0. The first-order chi connectivity index (χ1) is 8.52. The van der Waals surface area contributed by atoms with Crippen molar-refractivity contribution in [2.24, 2.45) is 0 Å². The molecule has 1 saturated heterocycles.